The summed E-state index contributed by atoms with van der Waals surface area (Å²) in [6, 6.07) is 8.83. The van der Waals surface area contributed by atoms with E-state index in [-0.39, 0.29) is 18.6 Å². The van der Waals surface area contributed by atoms with Crippen molar-refractivity contribution in [2.45, 2.75) is 6.92 Å². The average molecular weight is 368 g/mol. The number of aromatic nitrogens is 1. The van der Waals surface area contributed by atoms with Gasteiger partial charge in [-0.15, -0.1) is 0 Å². The maximum atomic E-state index is 12.4. The van der Waals surface area contributed by atoms with E-state index < -0.39 is 0 Å². The highest BCUT2D eigenvalue weighted by atomic mass is 16.7. The Bertz CT molecular complexity index is 861. The van der Waals surface area contributed by atoms with E-state index in [2.05, 4.69) is 15.2 Å². The number of nitrogens with zero attached hydrogens (tertiary/aromatic N) is 3. The van der Waals surface area contributed by atoms with E-state index in [4.69, 9.17) is 9.47 Å². The normalized spacial score (nSPS) is 15.6. The predicted octanol–water partition coefficient (Wildman–Crippen LogP) is 1.73. The Morgan fingerprint density at radius 3 is 2.52 bits per heavy atom. The van der Waals surface area contributed by atoms with Gasteiger partial charge in [-0.2, -0.15) is 0 Å². The quantitative estimate of drug-likeness (QED) is 0.888. The lowest BCUT2D eigenvalue weighted by Gasteiger charge is -2.35. The molecule has 2 amide bonds. The predicted molar refractivity (Wildman–Crippen MR) is 99.2 cm³/mol. The average Bonchev–Trinajstić information content (AvgIpc) is 3.16. The second kappa shape index (κ2) is 7.14. The Morgan fingerprint density at radius 2 is 1.81 bits per heavy atom. The zero-order chi connectivity index (χ0) is 18.8. The molecule has 1 fully saturated rings. The zero-order valence-corrected chi connectivity index (χ0v) is 15.0. The summed E-state index contributed by atoms with van der Waals surface area (Å²) in [5.41, 5.74) is 1.90. The fourth-order valence-electron chi connectivity index (χ4n) is 3.16. The number of anilines is 2. The van der Waals surface area contributed by atoms with E-state index in [0.29, 0.717) is 36.0 Å². The van der Waals surface area contributed by atoms with Crippen LogP contribution in [0, 0.1) is 0 Å². The second-order valence-corrected chi connectivity index (χ2v) is 6.42. The molecule has 8 nitrogen and oxygen atoms in total. The zero-order valence-electron chi connectivity index (χ0n) is 15.0. The van der Waals surface area contributed by atoms with Gasteiger partial charge in [-0.25, -0.2) is 4.98 Å². The Labute approximate surface area is 156 Å². The van der Waals surface area contributed by atoms with E-state index >= 15 is 0 Å². The summed E-state index contributed by atoms with van der Waals surface area (Å²) in [6.45, 7) is 4.68. The van der Waals surface area contributed by atoms with E-state index in [9.17, 15) is 9.59 Å². The number of amides is 2. The Morgan fingerprint density at radius 1 is 1.04 bits per heavy atom. The van der Waals surface area contributed by atoms with Crippen LogP contribution in [0.3, 0.4) is 0 Å². The van der Waals surface area contributed by atoms with Crippen molar-refractivity contribution in [3.05, 3.63) is 42.2 Å². The van der Waals surface area contributed by atoms with Crippen LogP contribution >= 0.6 is 0 Å². The highest BCUT2D eigenvalue weighted by molar-refractivity contribution is 6.03. The maximum Gasteiger partial charge on any atom is 0.274 e. The van der Waals surface area contributed by atoms with Crippen molar-refractivity contribution in [3.63, 3.8) is 0 Å². The molecular weight excluding hydrogens is 348 g/mol. The molecule has 2 aliphatic rings. The standard InChI is InChI=1S/C19H20N4O4/c1-13(24)22-6-8-23(9-7-22)15-3-4-16(20-11-15)19(25)21-14-2-5-17-18(10-14)27-12-26-17/h2-5,10-11H,6-9,12H2,1H3,(H,21,25). The van der Waals surface area contributed by atoms with Crippen molar-refractivity contribution in [2.24, 2.45) is 0 Å². The molecule has 2 aromatic rings. The summed E-state index contributed by atoms with van der Waals surface area (Å²) in [5, 5.41) is 2.81. The minimum absolute atomic E-state index is 0.100. The van der Waals surface area contributed by atoms with Crippen molar-refractivity contribution < 1.29 is 19.1 Å². The lowest BCUT2D eigenvalue weighted by atomic mass is 10.2. The molecule has 0 bridgehead atoms. The number of benzene rings is 1. The third kappa shape index (κ3) is 3.64. The fraction of sp³-hybridized carbons (Fsp3) is 0.316. The Balaban J connectivity index is 1.38. The van der Waals surface area contributed by atoms with Gasteiger partial charge in [0.15, 0.2) is 11.5 Å². The van der Waals surface area contributed by atoms with Crippen LogP contribution in [0.15, 0.2) is 36.5 Å². The summed E-state index contributed by atoms with van der Waals surface area (Å²) in [6.07, 6.45) is 1.69. The lowest BCUT2D eigenvalue weighted by Crippen LogP contribution is -2.48. The van der Waals surface area contributed by atoms with E-state index in [1.165, 1.54) is 0 Å². The summed E-state index contributed by atoms with van der Waals surface area (Å²) in [5.74, 6) is 1.09. The van der Waals surface area contributed by atoms with E-state index in [1.54, 1.807) is 37.4 Å². The summed E-state index contributed by atoms with van der Waals surface area (Å²) < 4.78 is 10.6. The van der Waals surface area contributed by atoms with Gasteiger partial charge in [0.05, 0.1) is 11.9 Å². The first-order chi connectivity index (χ1) is 13.1. The lowest BCUT2D eigenvalue weighted by molar-refractivity contribution is -0.129. The van der Waals surface area contributed by atoms with Gasteiger partial charge in [-0.05, 0) is 24.3 Å². The van der Waals surface area contributed by atoms with Crippen LogP contribution in [0.2, 0.25) is 0 Å². The molecule has 27 heavy (non-hydrogen) atoms. The van der Waals surface area contributed by atoms with Gasteiger partial charge in [0.25, 0.3) is 5.91 Å². The summed E-state index contributed by atoms with van der Waals surface area (Å²) >= 11 is 0. The number of fused-ring (bicyclic) bond motifs is 1. The molecule has 8 heteroatoms. The molecule has 0 spiro atoms. The molecule has 0 atom stereocenters. The number of piperazine rings is 1. The van der Waals surface area contributed by atoms with Crippen LogP contribution in [0.5, 0.6) is 11.5 Å². The SMILES string of the molecule is CC(=O)N1CCN(c2ccc(C(=O)Nc3ccc4c(c3)OCO4)nc2)CC1. The fourth-order valence-corrected chi connectivity index (χ4v) is 3.16. The molecule has 0 saturated carbocycles. The largest absolute Gasteiger partial charge is 0.454 e. The number of hydrogen-bond donors (Lipinski definition) is 1. The molecule has 1 saturated heterocycles. The minimum Gasteiger partial charge on any atom is -0.454 e. The van der Waals surface area contributed by atoms with Crippen molar-refractivity contribution in [3.8, 4) is 11.5 Å². The topological polar surface area (TPSA) is 84.0 Å². The number of hydrogen-bond acceptors (Lipinski definition) is 6. The first-order valence-corrected chi connectivity index (χ1v) is 8.78. The summed E-state index contributed by atoms with van der Waals surface area (Å²) in [7, 11) is 0. The first-order valence-electron chi connectivity index (χ1n) is 8.78. The maximum absolute atomic E-state index is 12.4. The minimum atomic E-state index is -0.290. The smallest absolute Gasteiger partial charge is 0.274 e. The molecule has 1 aromatic carbocycles. The molecule has 1 aromatic heterocycles. The van der Waals surface area contributed by atoms with Crippen molar-refractivity contribution >= 4 is 23.2 Å². The molecule has 140 valence electrons. The molecule has 0 radical (unpaired) electrons. The van der Waals surface area contributed by atoms with Gasteiger partial charge < -0.3 is 24.6 Å². The number of ether oxygens (including phenoxy) is 2. The Kier molecular flexibility index (Phi) is 4.53. The number of rotatable bonds is 3. The number of pyridine rings is 1. The number of carbonyl (C=O) groups is 2. The van der Waals surface area contributed by atoms with E-state index in [0.717, 1.165) is 18.8 Å². The molecule has 0 aliphatic carbocycles. The van der Waals surface area contributed by atoms with Crippen LogP contribution in [0.1, 0.15) is 17.4 Å². The molecule has 2 aliphatic heterocycles. The van der Waals surface area contributed by atoms with Crippen LogP contribution < -0.4 is 19.7 Å². The van der Waals surface area contributed by atoms with Gasteiger partial charge >= 0.3 is 0 Å². The van der Waals surface area contributed by atoms with E-state index in [1.807, 2.05) is 11.0 Å². The molecule has 1 N–H and O–H groups in total. The second-order valence-electron chi connectivity index (χ2n) is 6.42. The number of carbonyl (C=O) groups excluding carboxylic acids is 2. The van der Waals surface area contributed by atoms with Crippen LogP contribution in [-0.2, 0) is 4.79 Å². The highest BCUT2D eigenvalue weighted by Gasteiger charge is 2.20. The van der Waals surface area contributed by atoms with Crippen molar-refractivity contribution in [1.29, 1.82) is 0 Å². The number of nitrogens with one attached hydrogen (secondary N) is 1. The van der Waals surface area contributed by atoms with Crippen LogP contribution in [0.4, 0.5) is 11.4 Å². The van der Waals surface area contributed by atoms with Crippen molar-refractivity contribution in [2.75, 3.05) is 43.2 Å². The van der Waals surface area contributed by atoms with Gasteiger partial charge in [0, 0.05) is 44.9 Å². The van der Waals surface area contributed by atoms with Gasteiger partial charge in [0.1, 0.15) is 5.69 Å². The van der Waals surface area contributed by atoms with Crippen molar-refractivity contribution in [1.82, 2.24) is 9.88 Å². The van der Waals surface area contributed by atoms with Gasteiger partial charge in [0.2, 0.25) is 12.7 Å². The first kappa shape index (κ1) is 17.1. The van der Waals surface area contributed by atoms with Crippen LogP contribution in [0.25, 0.3) is 0 Å². The van der Waals surface area contributed by atoms with Gasteiger partial charge in [-0.1, -0.05) is 0 Å². The monoisotopic (exact) mass is 368 g/mol. The van der Waals surface area contributed by atoms with Gasteiger partial charge in [-0.3, -0.25) is 9.59 Å². The molecule has 3 heterocycles. The molecule has 4 rings (SSSR count). The third-order valence-electron chi connectivity index (χ3n) is 4.70. The molecular formula is C19H20N4O4. The summed E-state index contributed by atoms with van der Waals surface area (Å²) in [4.78, 5) is 32.1. The highest BCUT2D eigenvalue weighted by Crippen LogP contribution is 2.34. The third-order valence-corrected chi connectivity index (χ3v) is 4.70. The Hall–Kier alpha value is -3.29. The molecule has 0 unspecified atom stereocenters. The van der Waals surface area contributed by atoms with Crippen LogP contribution in [-0.4, -0.2) is 54.7 Å².